The molecule has 10 heteroatoms. The second-order valence-electron chi connectivity index (χ2n) is 5.53. The minimum Gasteiger partial charge on any atom is -0.496 e. The van der Waals surface area contributed by atoms with Crippen LogP contribution >= 0.6 is 15.9 Å². The predicted molar refractivity (Wildman–Crippen MR) is 92.3 cm³/mol. The number of aryl methyl sites for hydroxylation is 2. The van der Waals surface area contributed by atoms with Gasteiger partial charge in [0.05, 0.1) is 25.3 Å². The number of hydrogen-bond acceptors (Lipinski definition) is 5. The molecular formula is C16H14BrF3N4O2. The molecule has 0 spiro atoms. The van der Waals surface area contributed by atoms with E-state index in [1.165, 1.54) is 14.2 Å². The van der Waals surface area contributed by atoms with Crippen molar-refractivity contribution in [2.45, 2.75) is 13.1 Å². The van der Waals surface area contributed by atoms with E-state index in [2.05, 4.69) is 30.9 Å². The van der Waals surface area contributed by atoms with Crippen molar-refractivity contribution in [2.75, 3.05) is 14.2 Å². The van der Waals surface area contributed by atoms with Gasteiger partial charge in [-0.05, 0) is 40.5 Å². The molecular weight excluding hydrogens is 417 g/mol. The number of aromatic nitrogens is 4. The van der Waals surface area contributed by atoms with Gasteiger partial charge in [-0.1, -0.05) is 0 Å². The minimum absolute atomic E-state index is 0.0711. The summed E-state index contributed by atoms with van der Waals surface area (Å²) >= 11 is 3.26. The Labute approximate surface area is 155 Å². The van der Waals surface area contributed by atoms with Crippen LogP contribution in [0.5, 0.6) is 11.6 Å². The van der Waals surface area contributed by atoms with Crippen molar-refractivity contribution in [3.05, 3.63) is 27.9 Å². The number of methoxy groups -OCH3 is 2. The van der Waals surface area contributed by atoms with Crippen LogP contribution in [0.2, 0.25) is 0 Å². The smallest absolute Gasteiger partial charge is 0.416 e. The van der Waals surface area contributed by atoms with Gasteiger partial charge in [0.2, 0.25) is 11.5 Å². The third-order valence-electron chi connectivity index (χ3n) is 3.90. The number of imidazole rings is 1. The van der Waals surface area contributed by atoms with Crippen molar-refractivity contribution in [1.82, 2.24) is 19.5 Å². The zero-order valence-electron chi connectivity index (χ0n) is 14.3. The van der Waals surface area contributed by atoms with E-state index in [-0.39, 0.29) is 11.6 Å². The van der Waals surface area contributed by atoms with Gasteiger partial charge in [0.15, 0.2) is 10.3 Å². The fourth-order valence-corrected chi connectivity index (χ4v) is 3.10. The van der Waals surface area contributed by atoms with E-state index in [0.29, 0.717) is 32.8 Å². The van der Waals surface area contributed by atoms with E-state index in [1.807, 2.05) is 0 Å². The zero-order chi connectivity index (χ0) is 19.2. The number of fused-ring (bicyclic) bond motifs is 1. The molecule has 26 heavy (non-hydrogen) atoms. The van der Waals surface area contributed by atoms with E-state index in [0.717, 1.165) is 12.1 Å². The average Bonchev–Trinajstić information content (AvgIpc) is 2.88. The van der Waals surface area contributed by atoms with Crippen molar-refractivity contribution in [3.63, 3.8) is 0 Å². The molecule has 2 aromatic heterocycles. The molecule has 0 saturated heterocycles. The van der Waals surface area contributed by atoms with Gasteiger partial charge < -0.3 is 14.0 Å². The van der Waals surface area contributed by atoms with Crippen molar-refractivity contribution >= 4 is 27.2 Å². The van der Waals surface area contributed by atoms with E-state index >= 15 is 0 Å². The first kappa shape index (κ1) is 18.4. The maximum absolute atomic E-state index is 13.1. The van der Waals surface area contributed by atoms with Crippen molar-refractivity contribution in [1.29, 1.82) is 0 Å². The molecule has 0 fully saturated rings. The van der Waals surface area contributed by atoms with E-state index in [1.54, 1.807) is 18.5 Å². The maximum atomic E-state index is 13.1. The van der Waals surface area contributed by atoms with Gasteiger partial charge in [-0.2, -0.15) is 18.2 Å². The first-order valence-electron chi connectivity index (χ1n) is 7.37. The second kappa shape index (κ2) is 6.42. The highest BCUT2D eigenvalue weighted by Gasteiger charge is 2.33. The molecule has 0 amide bonds. The molecule has 0 aliphatic heterocycles. The molecule has 3 aromatic rings. The Morgan fingerprint density at radius 2 is 1.77 bits per heavy atom. The molecule has 2 heterocycles. The number of halogens is 4. The Hall–Kier alpha value is -2.36. The first-order valence-corrected chi connectivity index (χ1v) is 8.16. The van der Waals surface area contributed by atoms with Gasteiger partial charge in [0.1, 0.15) is 11.6 Å². The molecule has 0 N–H and O–H groups in total. The number of nitrogens with zero attached hydrogens (tertiary/aromatic N) is 4. The van der Waals surface area contributed by atoms with Crippen LogP contribution in [0.3, 0.4) is 0 Å². The van der Waals surface area contributed by atoms with Crippen LogP contribution in [0.1, 0.15) is 11.1 Å². The highest BCUT2D eigenvalue weighted by Crippen LogP contribution is 2.40. The first-order chi connectivity index (χ1) is 12.2. The Kier molecular flexibility index (Phi) is 4.55. The lowest BCUT2D eigenvalue weighted by atomic mass is 10.0. The summed E-state index contributed by atoms with van der Waals surface area (Å²) in [5.41, 5.74) is 0.798. The summed E-state index contributed by atoms with van der Waals surface area (Å²) in [7, 11) is 4.47. The highest BCUT2D eigenvalue weighted by atomic mass is 79.9. The van der Waals surface area contributed by atoms with Crippen LogP contribution in [0, 0.1) is 6.92 Å². The predicted octanol–water partition coefficient (Wildman–Crippen LogP) is 4.14. The molecule has 1 aromatic carbocycles. The summed E-state index contributed by atoms with van der Waals surface area (Å²) in [5.74, 6) is 0.725. The summed E-state index contributed by atoms with van der Waals surface area (Å²) in [6.45, 7) is 1.57. The third-order valence-corrected chi connectivity index (χ3v) is 4.42. The van der Waals surface area contributed by atoms with E-state index in [9.17, 15) is 13.2 Å². The monoisotopic (exact) mass is 430 g/mol. The molecule has 0 aliphatic rings. The van der Waals surface area contributed by atoms with Gasteiger partial charge >= 0.3 is 6.18 Å². The van der Waals surface area contributed by atoms with Crippen LogP contribution < -0.4 is 9.47 Å². The summed E-state index contributed by atoms with van der Waals surface area (Å²) < 4.78 is 51.6. The van der Waals surface area contributed by atoms with Crippen molar-refractivity contribution in [3.8, 4) is 23.0 Å². The largest absolute Gasteiger partial charge is 0.496 e. The van der Waals surface area contributed by atoms with Crippen molar-refractivity contribution in [2.24, 2.45) is 7.05 Å². The fraction of sp³-hybridized carbons (Fsp3) is 0.312. The highest BCUT2D eigenvalue weighted by molar-refractivity contribution is 9.10. The molecule has 0 saturated carbocycles. The second-order valence-corrected chi connectivity index (χ2v) is 6.28. The van der Waals surface area contributed by atoms with Gasteiger partial charge in [-0.15, -0.1) is 0 Å². The standard InChI is InChI=1S/C16H14BrF3N4O2/c1-7-5-8(16(18,19)20)6-9(25-3)10(7)13-22-12-14(24(13)2)21-11(17)15(23-12)26-4/h5-6H,1-4H3. The van der Waals surface area contributed by atoms with Gasteiger partial charge in [0, 0.05) is 7.05 Å². The lowest BCUT2D eigenvalue weighted by Gasteiger charge is -2.15. The Morgan fingerprint density at radius 1 is 1.08 bits per heavy atom. The van der Waals surface area contributed by atoms with Crippen molar-refractivity contribution < 1.29 is 22.6 Å². The van der Waals surface area contributed by atoms with E-state index < -0.39 is 11.7 Å². The molecule has 0 atom stereocenters. The molecule has 0 aliphatic carbocycles. The van der Waals surface area contributed by atoms with Crippen LogP contribution in [0.15, 0.2) is 16.7 Å². The van der Waals surface area contributed by atoms with E-state index in [4.69, 9.17) is 9.47 Å². The third kappa shape index (κ3) is 2.98. The fourth-order valence-electron chi connectivity index (χ4n) is 2.68. The Morgan fingerprint density at radius 3 is 2.35 bits per heavy atom. The summed E-state index contributed by atoms with van der Waals surface area (Å²) in [4.78, 5) is 13.0. The maximum Gasteiger partial charge on any atom is 0.416 e. The number of benzene rings is 1. The topological polar surface area (TPSA) is 62.1 Å². The van der Waals surface area contributed by atoms with Crippen LogP contribution in [-0.4, -0.2) is 33.7 Å². The summed E-state index contributed by atoms with van der Waals surface area (Å²) in [6, 6.07) is 2.02. The average molecular weight is 431 g/mol. The normalized spacial score (nSPS) is 11.8. The molecule has 6 nitrogen and oxygen atoms in total. The molecule has 0 radical (unpaired) electrons. The lowest BCUT2D eigenvalue weighted by molar-refractivity contribution is -0.137. The number of ether oxygens (including phenoxy) is 2. The molecule has 138 valence electrons. The minimum atomic E-state index is -4.47. The Bertz CT molecular complexity index is 1000. The number of rotatable bonds is 3. The zero-order valence-corrected chi connectivity index (χ0v) is 15.9. The SMILES string of the molecule is COc1cc(C(F)(F)F)cc(C)c1-c1nc2nc(OC)c(Br)nc2n1C. The van der Waals surface area contributed by atoms with Crippen LogP contribution in [0.25, 0.3) is 22.7 Å². The lowest BCUT2D eigenvalue weighted by Crippen LogP contribution is -2.07. The van der Waals surface area contributed by atoms with Gasteiger partial charge in [-0.25, -0.2) is 9.97 Å². The Balaban J connectivity index is 2.28. The summed E-state index contributed by atoms with van der Waals surface area (Å²) in [6.07, 6.45) is -4.47. The molecule has 0 unspecified atom stereocenters. The molecule has 0 bridgehead atoms. The quantitative estimate of drug-likeness (QED) is 0.624. The van der Waals surface area contributed by atoms with Crippen LogP contribution in [-0.2, 0) is 13.2 Å². The summed E-state index contributed by atoms with van der Waals surface area (Å²) in [5, 5.41) is 0. The van der Waals surface area contributed by atoms with Gasteiger partial charge in [0.25, 0.3) is 0 Å². The number of alkyl halides is 3. The van der Waals surface area contributed by atoms with Crippen LogP contribution in [0.4, 0.5) is 13.2 Å². The molecule has 3 rings (SSSR count). The van der Waals surface area contributed by atoms with Gasteiger partial charge in [-0.3, -0.25) is 0 Å². The number of hydrogen-bond donors (Lipinski definition) is 0.